The van der Waals surface area contributed by atoms with E-state index in [1.54, 1.807) is 4.57 Å². The molecular weight excluding hydrogens is 438 g/mol. The van der Waals surface area contributed by atoms with Crippen molar-refractivity contribution in [2.24, 2.45) is 0 Å². The van der Waals surface area contributed by atoms with E-state index in [0.29, 0.717) is 37.4 Å². The first-order valence-corrected chi connectivity index (χ1v) is 12.2. The molecule has 2 aromatic carbocycles. The van der Waals surface area contributed by atoms with Crippen LogP contribution in [-0.4, -0.2) is 53.6 Å². The third-order valence-electron chi connectivity index (χ3n) is 7.01. The van der Waals surface area contributed by atoms with Gasteiger partial charge in [0.2, 0.25) is 0 Å². The maximum Gasteiger partial charge on any atom is 0.259 e. The van der Waals surface area contributed by atoms with E-state index in [1.807, 2.05) is 35.2 Å². The number of benzene rings is 2. The van der Waals surface area contributed by atoms with Crippen LogP contribution in [0.2, 0.25) is 0 Å². The molecule has 3 heterocycles. The van der Waals surface area contributed by atoms with Crippen LogP contribution < -0.4 is 10.3 Å². The van der Waals surface area contributed by atoms with E-state index in [-0.39, 0.29) is 11.5 Å². The summed E-state index contributed by atoms with van der Waals surface area (Å²) in [5, 5.41) is 0. The van der Waals surface area contributed by atoms with Gasteiger partial charge < -0.3 is 14.2 Å². The number of carbonyl (C=O) groups excluding carboxylic acids is 1. The van der Waals surface area contributed by atoms with Crippen molar-refractivity contribution in [3.63, 3.8) is 0 Å². The van der Waals surface area contributed by atoms with Crippen molar-refractivity contribution in [3.8, 4) is 5.75 Å². The fraction of sp³-hybridized carbons (Fsp3) is 0.310. The van der Waals surface area contributed by atoms with E-state index < -0.39 is 0 Å². The van der Waals surface area contributed by atoms with Gasteiger partial charge in [0.05, 0.1) is 7.11 Å². The third kappa shape index (κ3) is 4.93. The minimum Gasteiger partial charge on any atom is -0.496 e. The van der Waals surface area contributed by atoms with Crippen molar-refractivity contribution in [1.29, 1.82) is 0 Å². The minimum atomic E-state index is -0.112. The maximum absolute atomic E-state index is 13.8. The Labute approximate surface area is 206 Å². The first-order chi connectivity index (χ1) is 17.1. The fourth-order valence-corrected chi connectivity index (χ4v) is 5.10. The molecule has 0 radical (unpaired) electrons. The monoisotopic (exact) mass is 469 g/mol. The summed E-state index contributed by atoms with van der Waals surface area (Å²) in [6, 6.07) is 20.0. The van der Waals surface area contributed by atoms with Crippen LogP contribution in [0.1, 0.15) is 32.7 Å². The van der Waals surface area contributed by atoms with Crippen LogP contribution in [0.3, 0.4) is 0 Å². The van der Waals surface area contributed by atoms with E-state index in [0.717, 1.165) is 31.7 Å². The molecule has 6 nitrogen and oxygen atoms in total. The van der Waals surface area contributed by atoms with E-state index in [9.17, 15) is 9.59 Å². The summed E-state index contributed by atoms with van der Waals surface area (Å²) in [7, 11) is 1.53. The Hall–Kier alpha value is -3.64. The van der Waals surface area contributed by atoms with Crippen LogP contribution in [0.4, 0.5) is 0 Å². The zero-order valence-corrected chi connectivity index (χ0v) is 20.2. The SMILES string of the molecule is COc1cc(=O)n2c(c1C(=O)N1CCc3ccccc3C1)CCN(C/C=C/c1ccccc1)CC2. The van der Waals surface area contributed by atoms with Gasteiger partial charge in [-0.3, -0.25) is 14.5 Å². The Morgan fingerprint density at radius 2 is 1.71 bits per heavy atom. The summed E-state index contributed by atoms with van der Waals surface area (Å²) < 4.78 is 7.34. The minimum absolute atomic E-state index is 0.0578. The van der Waals surface area contributed by atoms with E-state index >= 15 is 0 Å². The van der Waals surface area contributed by atoms with Crippen molar-refractivity contribution >= 4 is 12.0 Å². The van der Waals surface area contributed by atoms with Gasteiger partial charge in [0.25, 0.3) is 11.5 Å². The van der Waals surface area contributed by atoms with Crippen molar-refractivity contribution in [1.82, 2.24) is 14.4 Å². The standard InChI is InChI=1S/C29H31N3O3/c1-35-26-20-27(33)32-19-18-30(15-7-10-22-8-3-2-4-9-22)16-14-25(32)28(26)29(34)31-17-13-23-11-5-6-12-24(23)21-31/h2-12,20H,13-19,21H2,1H3/b10-7+. The van der Waals surface area contributed by atoms with Crippen molar-refractivity contribution in [3.05, 3.63) is 105 Å². The molecular formula is C29H31N3O3. The Morgan fingerprint density at radius 1 is 0.943 bits per heavy atom. The zero-order valence-electron chi connectivity index (χ0n) is 20.2. The summed E-state index contributed by atoms with van der Waals surface area (Å²) in [6.45, 7) is 4.11. The number of ether oxygens (including phenoxy) is 1. The quantitative estimate of drug-likeness (QED) is 0.573. The largest absolute Gasteiger partial charge is 0.496 e. The number of fused-ring (bicyclic) bond motifs is 2. The van der Waals surface area contributed by atoms with Crippen LogP contribution in [0.15, 0.2) is 71.5 Å². The normalized spacial score (nSPS) is 16.0. The highest BCUT2D eigenvalue weighted by Crippen LogP contribution is 2.27. The second-order valence-electron chi connectivity index (χ2n) is 9.13. The number of hydrogen-bond acceptors (Lipinski definition) is 4. The third-order valence-corrected chi connectivity index (χ3v) is 7.01. The number of carbonyl (C=O) groups is 1. The van der Waals surface area contributed by atoms with Crippen LogP contribution in [0, 0.1) is 0 Å². The van der Waals surface area contributed by atoms with Gasteiger partial charge in [-0.15, -0.1) is 0 Å². The number of aromatic nitrogens is 1. The Balaban J connectivity index is 1.38. The number of rotatable bonds is 5. The number of pyridine rings is 1. The van der Waals surface area contributed by atoms with Gasteiger partial charge in [-0.2, -0.15) is 0 Å². The topological polar surface area (TPSA) is 54.8 Å². The Morgan fingerprint density at radius 3 is 2.51 bits per heavy atom. The number of hydrogen-bond donors (Lipinski definition) is 0. The predicted octanol–water partition coefficient (Wildman–Crippen LogP) is 3.63. The first-order valence-electron chi connectivity index (χ1n) is 12.2. The summed E-state index contributed by atoms with van der Waals surface area (Å²) in [5.41, 5.74) is 4.86. The lowest BCUT2D eigenvalue weighted by Crippen LogP contribution is -2.38. The lowest BCUT2D eigenvalue weighted by molar-refractivity contribution is 0.0728. The lowest BCUT2D eigenvalue weighted by atomic mass is 9.98. The molecule has 1 amide bonds. The summed E-state index contributed by atoms with van der Waals surface area (Å²) in [6.07, 6.45) is 5.74. The van der Waals surface area contributed by atoms with Crippen LogP contribution in [0.5, 0.6) is 5.75 Å². The summed E-state index contributed by atoms with van der Waals surface area (Å²) in [5.74, 6) is 0.319. The van der Waals surface area contributed by atoms with Crippen LogP contribution >= 0.6 is 0 Å². The lowest BCUT2D eigenvalue weighted by Gasteiger charge is -2.30. The molecule has 0 saturated heterocycles. The Kier molecular flexibility index (Phi) is 6.82. The molecule has 0 unspecified atom stereocenters. The van der Waals surface area contributed by atoms with Gasteiger partial charge in [0.1, 0.15) is 11.3 Å². The molecule has 0 aliphatic carbocycles. The summed E-state index contributed by atoms with van der Waals surface area (Å²) >= 11 is 0. The van der Waals surface area contributed by atoms with Crippen molar-refractivity contribution in [2.45, 2.75) is 25.9 Å². The molecule has 2 aliphatic heterocycles. The zero-order chi connectivity index (χ0) is 24.2. The molecule has 0 N–H and O–H groups in total. The molecule has 0 spiro atoms. The second-order valence-corrected chi connectivity index (χ2v) is 9.13. The molecule has 35 heavy (non-hydrogen) atoms. The van der Waals surface area contributed by atoms with Gasteiger partial charge in [-0.25, -0.2) is 0 Å². The highest BCUT2D eigenvalue weighted by molar-refractivity contribution is 5.98. The summed E-state index contributed by atoms with van der Waals surface area (Å²) in [4.78, 5) is 31.0. The highest BCUT2D eigenvalue weighted by Gasteiger charge is 2.29. The van der Waals surface area contributed by atoms with Gasteiger partial charge in [0, 0.05) is 57.4 Å². The van der Waals surface area contributed by atoms with E-state index in [2.05, 4.69) is 41.3 Å². The highest BCUT2D eigenvalue weighted by atomic mass is 16.5. The molecule has 1 aromatic heterocycles. The molecule has 0 bridgehead atoms. The Bertz CT molecular complexity index is 1300. The second kappa shape index (κ2) is 10.3. The van der Waals surface area contributed by atoms with Crippen molar-refractivity contribution < 1.29 is 9.53 Å². The molecule has 180 valence electrons. The van der Waals surface area contributed by atoms with Gasteiger partial charge in [-0.05, 0) is 23.1 Å². The van der Waals surface area contributed by atoms with Gasteiger partial charge in [-0.1, -0.05) is 66.7 Å². The molecule has 0 atom stereocenters. The van der Waals surface area contributed by atoms with Gasteiger partial charge >= 0.3 is 0 Å². The van der Waals surface area contributed by atoms with Crippen molar-refractivity contribution in [2.75, 3.05) is 33.3 Å². The number of nitrogens with zero attached hydrogens (tertiary/aromatic N) is 3. The average Bonchev–Trinajstić information content (AvgIpc) is 3.12. The van der Waals surface area contributed by atoms with Crippen LogP contribution in [0.25, 0.3) is 6.08 Å². The smallest absolute Gasteiger partial charge is 0.259 e. The maximum atomic E-state index is 13.8. The average molecular weight is 470 g/mol. The van der Waals surface area contributed by atoms with E-state index in [1.165, 1.54) is 29.9 Å². The van der Waals surface area contributed by atoms with E-state index in [4.69, 9.17) is 4.74 Å². The first kappa shape index (κ1) is 23.1. The molecule has 0 saturated carbocycles. The van der Waals surface area contributed by atoms with Crippen LogP contribution in [-0.2, 0) is 25.9 Å². The van der Waals surface area contributed by atoms with Gasteiger partial charge in [0.15, 0.2) is 0 Å². The number of amides is 1. The number of methoxy groups -OCH3 is 1. The molecule has 0 fully saturated rings. The predicted molar refractivity (Wildman–Crippen MR) is 138 cm³/mol. The molecule has 3 aromatic rings. The fourth-order valence-electron chi connectivity index (χ4n) is 5.10. The molecule has 6 heteroatoms. The molecule has 2 aliphatic rings. The molecule has 5 rings (SSSR count).